The van der Waals surface area contributed by atoms with Gasteiger partial charge in [0.25, 0.3) is 0 Å². The smallest absolute Gasteiger partial charge is 0.243 e. The van der Waals surface area contributed by atoms with E-state index in [1.807, 2.05) is 7.05 Å². The van der Waals surface area contributed by atoms with Gasteiger partial charge >= 0.3 is 0 Å². The van der Waals surface area contributed by atoms with Gasteiger partial charge in [0.2, 0.25) is 11.8 Å². The van der Waals surface area contributed by atoms with Crippen molar-refractivity contribution >= 4 is 11.8 Å². The Hall–Kier alpha value is -1.10. The zero-order valence-corrected chi connectivity index (χ0v) is 12.1. The molecule has 5 nitrogen and oxygen atoms in total. The van der Waals surface area contributed by atoms with E-state index < -0.39 is 5.54 Å². The highest BCUT2D eigenvalue weighted by Gasteiger charge is 2.43. The summed E-state index contributed by atoms with van der Waals surface area (Å²) in [6.07, 6.45) is 4.68. The molecule has 2 amide bonds. The fourth-order valence-electron chi connectivity index (χ4n) is 3.20. The topological polar surface area (TPSA) is 52.7 Å². The van der Waals surface area contributed by atoms with Gasteiger partial charge in [-0.25, -0.2) is 0 Å². The van der Waals surface area contributed by atoms with Crippen molar-refractivity contribution in [3.63, 3.8) is 0 Å². The lowest BCUT2D eigenvalue weighted by Crippen LogP contribution is -2.56. The van der Waals surface area contributed by atoms with Gasteiger partial charge in [0.1, 0.15) is 0 Å². The largest absolute Gasteiger partial charge is 0.344 e. The van der Waals surface area contributed by atoms with Crippen LogP contribution in [0.15, 0.2) is 0 Å². The average Bonchev–Trinajstić information content (AvgIpc) is 2.80. The molecule has 0 bridgehead atoms. The van der Waals surface area contributed by atoms with Crippen molar-refractivity contribution in [3.8, 4) is 0 Å². The van der Waals surface area contributed by atoms with Crippen molar-refractivity contribution in [2.24, 2.45) is 0 Å². The molecular formula is C14H25N3O2. The molecule has 0 radical (unpaired) electrons. The maximum Gasteiger partial charge on any atom is 0.243 e. The third-order valence-corrected chi connectivity index (χ3v) is 4.29. The summed E-state index contributed by atoms with van der Waals surface area (Å²) in [5.41, 5.74) is -0.405. The zero-order chi connectivity index (χ0) is 13.9. The molecule has 2 fully saturated rings. The summed E-state index contributed by atoms with van der Waals surface area (Å²) < 4.78 is 0. The third-order valence-electron chi connectivity index (χ3n) is 4.29. The van der Waals surface area contributed by atoms with E-state index in [0.717, 1.165) is 45.2 Å². The standard InChI is InChI=1S/C14H25N3O2/c1-3-6-14(7-4-8-15-14)13(19)17-10-5-9-16(2)12(18)11-17/h15H,3-11H2,1-2H3. The van der Waals surface area contributed by atoms with Crippen LogP contribution in [0.4, 0.5) is 0 Å². The molecule has 2 saturated heterocycles. The highest BCUT2D eigenvalue weighted by Crippen LogP contribution is 2.27. The monoisotopic (exact) mass is 267 g/mol. The summed E-state index contributed by atoms with van der Waals surface area (Å²) in [6, 6.07) is 0. The first-order valence-electron chi connectivity index (χ1n) is 7.37. The van der Waals surface area contributed by atoms with Crippen LogP contribution in [0, 0.1) is 0 Å². The Morgan fingerprint density at radius 3 is 2.79 bits per heavy atom. The quantitative estimate of drug-likeness (QED) is 0.814. The summed E-state index contributed by atoms with van der Waals surface area (Å²) in [5.74, 6) is 0.186. The Labute approximate surface area is 115 Å². The van der Waals surface area contributed by atoms with E-state index in [-0.39, 0.29) is 18.4 Å². The fraction of sp³-hybridized carbons (Fsp3) is 0.857. The van der Waals surface area contributed by atoms with Gasteiger partial charge in [0.05, 0.1) is 12.1 Å². The molecule has 0 aromatic heterocycles. The minimum Gasteiger partial charge on any atom is -0.344 e. The Kier molecular flexibility index (Phi) is 4.45. The van der Waals surface area contributed by atoms with Crippen LogP contribution in [0.5, 0.6) is 0 Å². The highest BCUT2D eigenvalue weighted by atomic mass is 16.2. The van der Waals surface area contributed by atoms with Crippen LogP contribution in [0.25, 0.3) is 0 Å². The summed E-state index contributed by atoms with van der Waals surface area (Å²) >= 11 is 0. The van der Waals surface area contributed by atoms with Gasteiger partial charge in [-0.15, -0.1) is 0 Å². The molecule has 0 aliphatic carbocycles. The summed E-state index contributed by atoms with van der Waals surface area (Å²) in [4.78, 5) is 28.2. The average molecular weight is 267 g/mol. The first-order valence-corrected chi connectivity index (χ1v) is 7.37. The van der Waals surface area contributed by atoms with Crippen LogP contribution in [0.3, 0.4) is 0 Å². The van der Waals surface area contributed by atoms with Crippen molar-refractivity contribution < 1.29 is 9.59 Å². The van der Waals surface area contributed by atoms with Crippen molar-refractivity contribution in [2.75, 3.05) is 33.2 Å². The Morgan fingerprint density at radius 1 is 1.37 bits per heavy atom. The number of carbonyl (C=O) groups excluding carboxylic acids is 2. The minimum absolute atomic E-state index is 0.0514. The molecular weight excluding hydrogens is 242 g/mol. The van der Waals surface area contributed by atoms with Gasteiger partial charge in [0, 0.05) is 20.1 Å². The van der Waals surface area contributed by atoms with E-state index >= 15 is 0 Å². The lowest BCUT2D eigenvalue weighted by molar-refractivity contribution is -0.142. The lowest BCUT2D eigenvalue weighted by atomic mass is 9.90. The fourth-order valence-corrected chi connectivity index (χ4v) is 3.20. The molecule has 0 spiro atoms. The van der Waals surface area contributed by atoms with Crippen molar-refractivity contribution in [3.05, 3.63) is 0 Å². The van der Waals surface area contributed by atoms with Crippen LogP contribution in [-0.2, 0) is 9.59 Å². The highest BCUT2D eigenvalue weighted by molar-refractivity contribution is 5.90. The second-order valence-electron chi connectivity index (χ2n) is 5.76. The van der Waals surface area contributed by atoms with Gasteiger partial charge in [-0.3, -0.25) is 9.59 Å². The summed E-state index contributed by atoms with van der Waals surface area (Å²) in [7, 11) is 1.81. The number of rotatable bonds is 3. The number of likely N-dealkylation sites (N-methyl/N-ethyl adjacent to an activating group) is 1. The molecule has 108 valence electrons. The first-order chi connectivity index (χ1) is 9.09. The van der Waals surface area contributed by atoms with Crippen molar-refractivity contribution in [1.82, 2.24) is 15.1 Å². The van der Waals surface area contributed by atoms with Crippen LogP contribution in [-0.4, -0.2) is 60.4 Å². The number of nitrogens with zero attached hydrogens (tertiary/aromatic N) is 2. The molecule has 0 saturated carbocycles. The SMILES string of the molecule is CCCC1(C(=O)N2CCCN(C)C(=O)C2)CCCN1. The molecule has 2 aliphatic rings. The molecule has 1 atom stereocenters. The Balaban J connectivity index is 2.10. The number of carbonyl (C=O) groups is 2. The Bertz CT molecular complexity index is 351. The summed E-state index contributed by atoms with van der Waals surface area (Å²) in [5, 5.41) is 3.40. The lowest BCUT2D eigenvalue weighted by Gasteiger charge is -2.33. The molecule has 2 heterocycles. The van der Waals surface area contributed by atoms with Gasteiger partial charge < -0.3 is 15.1 Å². The van der Waals surface area contributed by atoms with E-state index in [4.69, 9.17) is 0 Å². The first kappa shape index (κ1) is 14.3. The molecule has 2 aliphatic heterocycles. The predicted molar refractivity (Wildman–Crippen MR) is 73.7 cm³/mol. The van der Waals surface area contributed by atoms with E-state index in [1.165, 1.54) is 0 Å². The van der Waals surface area contributed by atoms with Crippen LogP contribution < -0.4 is 5.32 Å². The number of hydrogen-bond donors (Lipinski definition) is 1. The normalized spacial score (nSPS) is 28.6. The maximum absolute atomic E-state index is 12.8. The van der Waals surface area contributed by atoms with Gasteiger partial charge in [0.15, 0.2) is 0 Å². The van der Waals surface area contributed by atoms with E-state index in [1.54, 1.807) is 9.80 Å². The van der Waals surface area contributed by atoms with Gasteiger partial charge in [-0.05, 0) is 32.2 Å². The molecule has 0 aromatic carbocycles. The van der Waals surface area contributed by atoms with Crippen LogP contribution in [0.1, 0.15) is 39.0 Å². The Morgan fingerprint density at radius 2 is 2.16 bits per heavy atom. The number of hydrogen-bond acceptors (Lipinski definition) is 3. The second-order valence-corrected chi connectivity index (χ2v) is 5.76. The van der Waals surface area contributed by atoms with Crippen LogP contribution >= 0.6 is 0 Å². The van der Waals surface area contributed by atoms with Crippen molar-refractivity contribution in [2.45, 2.75) is 44.6 Å². The molecule has 5 heteroatoms. The molecule has 19 heavy (non-hydrogen) atoms. The second kappa shape index (κ2) is 5.90. The van der Waals surface area contributed by atoms with Crippen LogP contribution in [0.2, 0.25) is 0 Å². The third kappa shape index (κ3) is 2.91. The van der Waals surface area contributed by atoms with Crippen molar-refractivity contribution in [1.29, 1.82) is 0 Å². The number of nitrogens with one attached hydrogen (secondary N) is 1. The summed E-state index contributed by atoms with van der Waals surface area (Å²) in [6.45, 7) is 4.70. The molecule has 1 N–H and O–H groups in total. The predicted octanol–water partition coefficient (Wildman–Crippen LogP) is 0.599. The minimum atomic E-state index is -0.405. The van der Waals surface area contributed by atoms with E-state index in [0.29, 0.717) is 6.54 Å². The molecule has 0 aromatic rings. The number of amides is 2. The van der Waals surface area contributed by atoms with E-state index in [2.05, 4.69) is 12.2 Å². The van der Waals surface area contributed by atoms with Gasteiger partial charge in [-0.2, -0.15) is 0 Å². The molecule has 1 unspecified atom stereocenters. The van der Waals surface area contributed by atoms with Gasteiger partial charge in [-0.1, -0.05) is 13.3 Å². The molecule has 2 rings (SSSR count). The van der Waals surface area contributed by atoms with E-state index in [9.17, 15) is 9.59 Å². The zero-order valence-electron chi connectivity index (χ0n) is 12.1. The maximum atomic E-state index is 12.8.